The highest BCUT2D eigenvalue weighted by molar-refractivity contribution is 7.92. The van der Waals surface area contributed by atoms with E-state index in [4.69, 9.17) is 4.74 Å². The summed E-state index contributed by atoms with van der Waals surface area (Å²) in [5, 5.41) is 0. The van der Waals surface area contributed by atoms with Gasteiger partial charge >= 0.3 is 0 Å². The average molecular weight is 395 g/mol. The minimum absolute atomic E-state index is 0.0272. The molecule has 0 atom stereocenters. The predicted molar refractivity (Wildman–Crippen MR) is 106 cm³/mol. The normalized spacial score (nSPS) is 21.4. The molecule has 1 heterocycles. The SMILES string of the molecule is CCCS(=O)(=O)Nc1ccc(C(=O)N2CC(C)(C)OC3(CCCC3)C2)cc1. The maximum Gasteiger partial charge on any atom is 0.254 e. The molecule has 0 unspecified atom stereocenters. The van der Waals surface area contributed by atoms with E-state index in [0.29, 0.717) is 30.8 Å². The molecule has 2 aliphatic rings. The van der Waals surface area contributed by atoms with Gasteiger partial charge in [-0.25, -0.2) is 8.42 Å². The molecule has 1 saturated carbocycles. The fourth-order valence-corrected chi connectivity index (χ4v) is 5.43. The first kappa shape index (κ1) is 20.1. The third-order valence-electron chi connectivity index (χ3n) is 5.22. The van der Waals surface area contributed by atoms with Crippen molar-refractivity contribution in [3.05, 3.63) is 29.8 Å². The number of ether oxygens (including phenoxy) is 1. The van der Waals surface area contributed by atoms with Crippen LogP contribution in [0.3, 0.4) is 0 Å². The Hall–Kier alpha value is -1.60. The van der Waals surface area contributed by atoms with Gasteiger partial charge in [0.2, 0.25) is 10.0 Å². The smallest absolute Gasteiger partial charge is 0.254 e. The molecule has 2 fully saturated rings. The van der Waals surface area contributed by atoms with Crippen LogP contribution in [0.15, 0.2) is 24.3 Å². The maximum absolute atomic E-state index is 13.1. The molecular weight excluding hydrogens is 364 g/mol. The molecule has 1 N–H and O–H groups in total. The van der Waals surface area contributed by atoms with Crippen molar-refractivity contribution in [1.29, 1.82) is 0 Å². The lowest BCUT2D eigenvalue weighted by Crippen LogP contribution is -2.60. The van der Waals surface area contributed by atoms with Crippen molar-refractivity contribution in [1.82, 2.24) is 4.90 Å². The summed E-state index contributed by atoms with van der Waals surface area (Å²) in [5.41, 5.74) is 0.468. The summed E-state index contributed by atoms with van der Waals surface area (Å²) in [7, 11) is -3.33. The number of amides is 1. The third-order valence-corrected chi connectivity index (χ3v) is 6.72. The second-order valence-corrected chi connectivity index (χ2v) is 10.3. The molecule has 0 radical (unpaired) electrons. The maximum atomic E-state index is 13.1. The molecule has 1 aromatic rings. The van der Waals surface area contributed by atoms with Crippen molar-refractivity contribution < 1.29 is 17.9 Å². The predicted octanol–water partition coefficient (Wildman–Crippen LogP) is 3.40. The topological polar surface area (TPSA) is 75.7 Å². The summed E-state index contributed by atoms with van der Waals surface area (Å²) in [4.78, 5) is 15.0. The van der Waals surface area contributed by atoms with Crippen molar-refractivity contribution in [2.45, 2.75) is 64.1 Å². The highest BCUT2D eigenvalue weighted by Gasteiger charge is 2.47. The van der Waals surface area contributed by atoms with Crippen molar-refractivity contribution in [3.63, 3.8) is 0 Å². The van der Waals surface area contributed by atoms with Crippen LogP contribution in [-0.2, 0) is 14.8 Å². The first-order valence-corrected chi connectivity index (χ1v) is 11.4. The first-order chi connectivity index (χ1) is 12.6. The number of anilines is 1. The Morgan fingerprint density at radius 3 is 2.37 bits per heavy atom. The molecule has 1 aliphatic carbocycles. The number of rotatable bonds is 5. The van der Waals surface area contributed by atoms with Crippen LogP contribution in [0.4, 0.5) is 5.69 Å². The van der Waals surface area contributed by atoms with E-state index in [1.807, 2.05) is 25.7 Å². The van der Waals surface area contributed by atoms with E-state index >= 15 is 0 Å². The van der Waals surface area contributed by atoms with Gasteiger partial charge in [-0.05, 0) is 57.4 Å². The Morgan fingerprint density at radius 1 is 1.15 bits per heavy atom. The van der Waals surface area contributed by atoms with Crippen molar-refractivity contribution in [2.24, 2.45) is 0 Å². The zero-order valence-corrected chi connectivity index (χ0v) is 17.3. The van der Waals surface area contributed by atoms with Crippen LogP contribution in [-0.4, -0.2) is 49.3 Å². The van der Waals surface area contributed by atoms with Crippen LogP contribution in [0, 0.1) is 0 Å². The number of hydrogen-bond donors (Lipinski definition) is 1. The molecular formula is C20H30N2O4S. The zero-order valence-electron chi connectivity index (χ0n) is 16.5. The molecule has 1 aromatic carbocycles. The summed E-state index contributed by atoms with van der Waals surface area (Å²) in [6, 6.07) is 6.68. The van der Waals surface area contributed by atoms with E-state index in [2.05, 4.69) is 4.72 Å². The fraction of sp³-hybridized carbons (Fsp3) is 0.650. The van der Waals surface area contributed by atoms with Gasteiger partial charge in [-0.1, -0.05) is 19.8 Å². The van der Waals surface area contributed by atoms with Gasteiger partial charge < -0.3 is 9.64 Å². The summed E-state index contributed by atoms with van der Waals surface area (Å²) in [6.07, 6.45) is 4.84. The first-order valence-electron chi connectivity index (χ1n) is 9.74. The Kier molecular flexibility index (Phi) is 5.54. The van der Waals surface area contributed by atoms with Gasteiger partial charge in [-0.2, -0.15) is 0 Å². The van der Waals surface area contributed by atoms with Gasteiger partial charge in [0.05, 0.1) is 23.5 Å². The third kappa shape index (κ3) is 4.82. The quantitative estimate of drug-likeness (QED) is 0.830. The molecule has 0 aromatic heterocycles. The fourth-order valence-electron chi connectivity index (χ4n) is 4.30. The molecule has 3 rings (SSSR count). The Bertz CT molecular complexity index is 781. The van der Waals surface area contributed by atoms with E-state index in [1.165, 1.54) is 0 Å². The van der Waals surface area contributed by atoms with Crippen LogP contribution < -0.4 is 4.72 Å². The second kappa shape index (κ2) is 7.43. The Labute approximate surface area is 162 Å². The van der Waals surface area contributed by atoms with Gasteiger partial charge in [0, 0.05) is 17.8 Å². The number of benzene rings is 1. The van der Waals surface area contributed by atoms with Gasteiger partial charge in [-0.3, -0.25) is 9.52 Å². The Morgan fingerprint density at radius 2 is 1.78 bits per heavy atom. The molecule has 1 amide bonds. The Balaban J connectivity index is 1.73. The molecule has 6 nitrogen and oxygen atoms in total. The minimum Gasteiger partial charge on any atom is -0.365 e. The number of sulfonamides is 1. The molecule has 1 saturated heterocycles. The number of hydrogen-bond acceptors (Lipinski definition) is 4. The van der Waals surface area contributed by atoms with Crippen molar-refractivity contribution in [3.8, 4) is 0 Å². The van der Waals surface area contributed by atoms with Crippen molar-refractivity contribution in [2.75, 3.05) is 23.6 Å². The minimum atomic E-state index is -3.33. The van der Waals surface area contributed by atoms with Crippen LogP contribution in [0.1, 0.15) is 63.2 Å². The van der Waals surface area contributed by atoms with Gasteiger partial charge in [0.25, 0.3) is 5.91 Å². The summed E-state index contributed by atoms with van der Waals surface area (Å²) < 4.78 is 32.7. The highest BCUT2D eigenvalue weighted by atomic mass is 32.2. The van der Waals surface area contributed by atoms with Crippen LogP contribution in [0.25, 0.3) is 0 Å². The summed E-state index contributed by atoms with van der Waals surface area (Å²) >= 11 is 0. The lowest BCUT2D eigenvalue weighted by Gasteiger charge is -2.48. The summed E-state index contributed by atoms with van der Waals surface area (Å²) in [6.45, 7) is 7.08. The number of carbonyl (C=O) groups excluding carboxylic acids is 1. The standard InChI is InChI=1S/C20H30N2O4S/c1-4-13-27(24,25)21-17-9-7-16(8-10-17)18(23)22-14-19(2,3)26-20(15-22)11-5-6-12-20/h7-10,21H,4-6,11-15H2,1-3H3. The van der Waals surface area contributed by atoms with Crippen molar-refractivity contribution >= 4 is 21.6 Å². The number of morpholine rings is 1. The highest BCUT2D eigenvalue weighted by Crippen LogP contribution is 2.41. The molecule has 1 spiro atoms. The van der Waals surface area contributed by atoms with Crippen LogP contribution >= 0.6 is 0 Å². The van der Waals surface area contributed by atoms with E-state index < -0.39 is 10.0 Å². The molecule has 0 bridgehead atoms. The number of nitrogens with one attached hydrogen (secondary N) is 1. The van der Waals surface area contributed by atoms with Gasteiger partial charge in [-0.15, -0.1) is 0 Å². The molecule has 150 valence electrons. The monoisotopic (exact) mass is 394 g/mol. The van der Waals surface area contributed by atoms with E-state index in [1.54, 1.807) is 24.3 Å². The average Bonchev–Trinajstić information content (AvgIpc) is 3.00. The zero-order chi connectivity index (χ0) is 19.7. The summed E-state index contributed by atoms with van der Waals surface area (Å²) in [5.74, 6) is 0.0548. The lowest BCUT2D eigenvalue weighted by atomic mass is 9.93. The number of nitrogens with zero attached hydrogens (tertiary/aromatic N) is 1. The van der Waals surface area contributed by atoms with Gasteiger partial charge in [0.1, 0.15) is 0 Å². The van der Waals surface area contributed by atoms with E-state index in [0.717, 1.165) is 25.7 Å². The largest absolute Gasteiger partial charge is 0.365 e. The molecule has 1 aliphatic heterocycles. The van der Waals surface area contributed by atoms with Crippen LogP contribution in [0.2, 0.25) is 0 Å². The second-order valence-electron chi connectivity index (χ2n) is 8.41. The van der Waals surface area contributed by atoms with E-state index in [9.17, 15) is 13.2 Å². The molecule has 7 heteroatoms. The van der Waals surface area contributed by atoms with Gasteiger partial charge in [0.15, 0.2) is 0 Å². The van der Waals surface area contributed by atoms with Crippen LogP contribution in [0.5, 0.6) is 0 Å². The lowest BCUT2D eigenvalue weighted by molar-refractivity contribution is -0.184. The number of carbonyl (C=O) groups is 1. The van der Waals surface area contributed by atoms with E-state index in [-0.39, 0.29) is 22.9 Å². The molecule has 27 heavy (non-hydrogen) atoms.